The normalized spacial score (nSPS) is 17.9. The number of nitrogens with one attached hydrogen (secondary N) is 1. The fraction of sp³-hybridized carbons (Fsp3) is 0.421. The molecule has 6 heterocycles. The molecule has 4 aromatic carbocycles. The van der Waals surface area contributed by atoms with Gasteiger partial charge in [0, 0.05) is 86.2 Å². The van der Waals surface area contributed by atoms with Crippen LogP contribution in [-0.2, 0) is 39.1 Å². The van der Waals surface area contributed by atoms with Crippen molar-refractivity contribution in [3.8, 4) is 16.9 Å². The number of aryl methyl sites for hydroxylation is 3. The molecule has 0 spiro atoms. The minimum Gasteiger partial charge on any atom is -0.493 e. The number of esters is 1. The van der Waals surface area contributed by atoms with Gasteiger partial charge in [0.05, 0.1) is 39.7 Å². The molecular weight excluding hydrogens is 979 g/mol. The van der Waals surface area contributed by atoms with E-state index in [9.17, 15) is 28.8 Å². The van der Waals surface area contributed by atoms with E-state index in [1.165, 1.54) is 6.07 Å². The number of rotatable bonds is 13. The third-order valence-corrected chi connectivity index (χ3v) is 15.5. The van der Waals surface area contributed by atoms with Gasteiger partial charge in [0.2, 0.25) is 17.7 Å². The van der Waals surface area contributed by atoms with Crippen molar-refractivity contribution in [1.82, 2.24) is 34.4 Å². The zero-order chi connectivity index (χ0) is 53.0. The molecule has 2 aromatic heterocycles. The Bertz CT molecular complexity index is 3300. The molecule has 16 nitrogen and oxygen atoms in total. The Morgan fingerprint density at radius 2 is 1.55 bits per heavy atom. The SMILES string of the molecule is Cc1nn(C)c(C)c1-c1c(Cl)ccc2c(CCCOc3cccc4ccccc34)c(C(=O)OC(C)(C)C)n(CCN3CCC(C(=O)N4CCN(c5cc6c(cc5F)C(=O)N(C5CCC(=O)NC5=O)C6=O)CC4)CC3)c12. The van der Waals surface area contributed by atoms with Crippen LogP contribution in [0, 0.1) is 25.6 Å². The molecule has 0 saturated carbocycles. The van der Waals surface area contributed by atoms with Crippen LogP contribution >= 0.6 is 11.6 Å². The van der Waals surface area contributed by atoms with Crippen LogP contribution in [0.15, 0.2) is 66.7 Å². The van der Waals surface area contributed by atoms with Crippen LogP contribution in [0.4, 0.5) is 10.1 Å². The highest BCUT2D eigenvalue weighted by molar-refractivity contribution is 6.35. The van der Waals surface area contributed by atoms with E-state index in [1.807, 2.05) is 87.6 Å². The molecule has 1 unspecified atom stereocenters. The van der Waals surface area contributed by atoms with E-state index in [0.717, 1.165) is 66.5 Å². The van der Waals surface area contributed by atoms with Gasteiger partial charge >= 0.3 is 5.97 Å². The first-order valence-electron chi connectivity index (χ1n) is 25.9. The maximum Gasteiger partial charge on any atom is 0.355 e. The van der Waals surface area contributed by atoms with Crippen molar-refractivity contribution >= 4 is 74.5 Å². The molecule has 0 aliphatic carbocycles. The van der Waals surface area contributed by atoms with Crippen LogP contribution in [0.2, 0.25) is 5.02 Å². The summed E-state index contributed by atoms with van der Waals surface area (Å²) in [4.78, 5) is 86.6. The fourth-order valence-electron chi connectivity index (χ4n) is 11.4. The first kappa shape index (κ1) is 51.4. The van der Waals surface area contributed by atoms with Gasteiger partial charge in [0.15, 0.2) is 0 Å². The molecule has 18 heteroatoms. The largest absolute Gasteiger partial charge is 0.493 e. The minimum atomic E-state index is -1.16. The summed E-state index contributed by atoms with van der Waals surface area (Å²) in [7, 11) is 1.91. The Kier molecular flexibility index (Phi) is 14.1. The van der Waals surface area contributed by atoms with Gasteiger partial charge in [-0.05, 0) is 115 Å². The number of hydrogen-bond donors (Lipinski definition) is 1. The monoisotopic (exact) mass is 1040 g/mol. The zero-order valence-corrected chi connectivity index (χ0v) is 44.0. The van der Waals surface area contributed by atoms with Crippen molar-refractivity contribution in [3.63, 3.8) is 0 Å². The number of aromatic nitrogens is 3. The summed E-state index contributed by atoms with van der Waals surface area (Å²) >= 11 is 7.23. The quantitative estimate of drug-likeness (QED) is 0.0676. The summed E-state index contributed by atoms with van der Waals surface area (Å²) in [5.74, 6) is -3.16. The number of nitrogens with zero attached hydrogens (tertiary/aromatic N) is 7. The molecule has 4 aliphatic rings. The van der Waals surface area contributed by atoms with E-state index >= 15 is 4.39 Å². The van der Waals surface area contributed by atoms with E-state index < -0.39 is 47.1 Å². The van der Waals surface area contributed by atoms with Crippen LogP contribution in [0.3, 0.4) is 0 Å². The number of carbonyl (C=O) groups excluding carboxylic acids is 6. The highest BCUT2D eigenvalue weighted by Crippen LogP contribution is 2.43. The summed E-state index contributed by atoms with van der Waals surface area (Å²) in [6, 6.07) is 19.3. The summed E-state index contributed by atoms with van der Waals surface area (Å²) in [6.45, 7) is 13.7. The first-order chi connectivity index (χ1) is 35.9. The van der Waals surface area contributed by atoms with E-state index in [1.54, 1.807) is 4.90 Å². The lowest BCUT2D eigenvalue weighted by Gasteiger charge is -2.39. The fourth-order valence-corrected chi connectivity index (χ4v) is 11.7. The average Bonchev–Trinajstić information content (AvgIpc) is 3.93. The Labute approximate surface area is 439 Å². The molecule has 0 bridgehead atoms. The number of amides is 5. The Hall–Kier alpha value is -7.11. The van der Waals surface area contributed by atoms with Gasteiger partial charge in [-0.3, -0.25) is 38.9 Å². The molecule has 10 rings (SSSR count). The summed E-state index contributed by atoms with van der Waals surface area (Å²) in [5, 5.41) is 10.5. The molecule has 5 amide bonds. The highest BCUT2D eigenvalue weighted by atomic mass is 35.5. The highest BCUT2D eigenvalue weighted by Gasteiger charge is 2.46. The van der Waals surface area contributed by atoms with Gasteiger partial charge < -0.3 is 28.7 Å². The van der Waals surface area contributed by atoms with Gasteiger partial charge in [0.25, 0.3) is 11.8 Å². The standard InChI is InChI=1S/C57H62ClFN8O8/c1-33-48(34(2)62(6)61-33)49-42(58)17-16-39-38(14-10-30-74-46-15-9-12-35-11-7-8-13-37(35)46)51(56(73)75-57(3,4)5)66(50(39)49)29-24-63-22-20-36(21-23-63)53(70)65-27-25-64(26-28-65)45-32-41-40(31-43(45)59)54(71)67(55(41)72)44-18-19-47(68)60-52(44)69/h7-9,11-13,15-17,31-32,36,44H,10,14,18-30H2,1-6H3,(H,60,68,69). The topological polar surface area (TPSA) is 169 Å². The second-order valence-corrected chi connectivity index (χ2v) is 21.5. The van der Waals surface area contributed by atoms with E-state index in [2.05, 4.69) is 33.0 Å². The van der Waals surface area contributed by atoms with Crippen LogP contribution in [0.5, 0.6) is 5.75 Å². The van der Waals surface area contributed by atoms with Gasteiger partial charge in [0.1, 0.15) is 28.9 Å². The molecule has 0 radical (unpaired) electrons. The molecule has 1 N–H and O–H groups in total. The Morgan fingerprint density at radius 1 is 0.840 bits per heavy atom. The van der Waals surface area contributed by atoms with Crippen LogP contribution in [-0.4, -0.2) is 129 Å². The second kappa shape index (κ2) is 20.5. The smallest absolute Gasteiger partial charge is 0.355 e. The van der Waals surface area contributed by atoms with Gasteiger partial charge in [-0.2, -0.15) is 5.10 Å². The molecule has 1 atom stereocenters. The van der Waals surface area contributed by atoms with Gasteiger partial charge in [-0.15, -0.1) is 0 Å². The van der Waals surface area contributed by atoms with Gasteiger partial charge in [-0.25, -0.2) is 9.18 Å². The number of ether oxygens (including phenoxy) is 2. The lowest BCUT2D eigenvalue weighted by Crippen LogP contribution is -2.54. The maximum atomic E-state index is 15.7. The maximum absolute atomic E-state index is 15.7. The summed E-state index contributed by atoms with van der Waals surface area (Å²) < 4.78 is 32.3. The Balaban J connectivity index is 0.841. The van der Waals surface area contributed by atoms with Crippen molar-refractivity contribution in [2.45, 2.75) is 91.3 Å². The molecule has 392 valence electrons. The molecule has 3 saturated heterocycles. The van der Waals surface area contributed by atoms with Gasteiger partial charge in [-0.1, -0.05) is 54.1 Å². The number of likely N-dealkylation sites (tertiary alicyclic amines) is 1. The lowest BCUT2D eigenvalue weighted by molar-refractivity contribution is -0.138. The van der Waals surface area contributed by atoms with Crippen molar-refractivity contribution in [2.24, 2.45) is 13.0 Å². The number of benzene rings is 4. The van der Waals surface area contributed by atoms with Crippen molar-refractivity contribution in [3.05, 3.63) is 111 Å². The summed E-state index contributed by atoms with van der Waals surface area (Å²) in [5.41, 5.74) is 4.91. The molecule has 75 heavy (non-hydrogen) atoms. The number of fused-ring (bicyclic) bond motifs is 3. The van der Waals surface area contributed by atoms with Crippen molar-refractivity contribution in [2.75, 3.05) is 57.3 Å². The number of hydrogen-bond acceptors (Lipinski definition) is 11. The third kappa shape index (κ3) is 9.87. The Morgan fingerprint density at radius 3 is 2.24 bits per heavy atom. The van der Waals surface area contributed by atoms with Crippen LogP contribution in [0.1, 0.15) is 101 Å². The van der Waals surface area contributed by atoms with E-state index in [-0.39, 0.29) is 41.5 Å². The molecular formula is C57H62ClFN8O8. The number of anilines is 1. The number of halogens is 2. The first-order valence-corrected chi connectivity index (χ1v) is 26.3. The van der Waals surface area contributed by atoms with E-state index in [0.29, 0.717) is 95.4 Å². The predicted octanol–water partition coefficient (Wildman–Crippen LogP) is 8.03. The van der Waals surface area contributed by atoms with Crippen molar-refractivity contribution in [1.29, 1.82) is 0 Å². The molecule has 3 fully saturated rings. The molecule has 4 aliphatic heterocycles. The zero-order valence-electron chi connectivity index (χ0n) is 43.3. The number of imide groups is 2. The van der Waals surface area contributed by atoms with Crippen LogP contribution in [0.25, 0.3) is 32.8 Å². The minimum absolute atomic E-state index is 0.000566. The van der Waals surface area contributed by atoms with Crippen molar-refractivity contribution < 1.29 is 42.6 Å². The molecule has 6 aromatic rings. The van der Waals surface area contributed by atoms with E-state index in [4.69, 9.17) is 26.2 Å². The summed E-state index contributed by atoms with van der Waals surface area (Å²) in [6.07, 6.45) is 2.41. The second-order valence-electron chi connectivity index (χ2n) is 21.1. The van der Waals surface area contributed by atoms with Crippen LogP contribution < -0.4 is 15.0 Å². The number of piperidine rings is 2. The third-order valence-electron chi connectivity index (χ3n) is 15.2. The number of carbonyl (C=O) groups is 6. The average molecular weight is 1040 g/mol. The number of piperazine rings is 1. The predicted molar refractivity (Wildman–Crippen MR) is 283 cm³/mol. The lowest BCUT2D eigenvalue weighted by atomic mass is 9.95.